The van der Waals surface area contributed by atoms with Gasteiger partial charge in [0.2, 0.25) is 0 Å². The van der Waals surface area contributed by atoms with Crippen LogP contribution in [-0.2, 0) is 6.54 Å². The van der Waals surface area contributed by atoms with Gasteiger partial charge in [0.15, 0.2) is 0 Å². The first kappa shape index (κ1) is 13.7. The predicted octanol–water partition coefficient (Wildman–Crippen LogP) is 2.41. The Morgan fingerprint density at radius 3 is 3.00 bits per heavy atom. The summed E-state index contributed by atoms with van der Waals surface area (Å²) in [6, 6.07) is 6.01. The Hall–Kier alpha value is -0.770. The Labute approximate surface area is 114 Å². The molecule has 1 aromatic carbocycles. The molecule has 4 heteroatoms. The molecule has 18 heavy (non-hydrogen) atoms. The van der Waals surface area contributed by atoms with Gasteiger partial charge in [0.05, 0.1) is 16.8 Å². The Bertz CT molecular complexity index is 397. The van der Waals surface area contributed by atoms with E-state index in [1.165, 1.54) is 5.56 Å². The third kappa shape index (κ3) is 3.16. The fourth-order valence-electron chi connectivity index (χ4n) is 2.40. The molecular weight excluding hydrogens is 248 g/mol. The second-order valence-electron chi connectivity index (χ2n) is 4.81. The molecule has 1 saturated heterocycles. The van der Waals surface area contributed by atoms with Crippen molar-refractivity contribution in [1.82, 2.24) is 5.32 Å². The summed E-state index contributed by atoms with van der Waals surface area (Å²) in [5.41, 5.74) is 2.30. The van der Waals surface area contributed by atoms with Gasteiger partial charge in [0.1, 0.15) is 0 Å². The predicted molar refractivity (Wildman–Crippen MR) is 76.3 cm³/mol. The van der Waals surface area contributed by atoms with E-state index in [-0.39, 0.29) is 6.10 Å². The number of rotatable bonds is 5. The van der Waals surface area contributed by atoms with E-state index in [9.17, 15) is 5.11 Å². The molecule has 3 nitrogen and oxygen atoms in total. The molecule has 1 unspecified atom stereocenters. The van der Waals surface area contributed by atoms with Crippen LogP contribution in [0.5, 0.6) is 0 Å². The number of benzene rings is 1. The van der Waals surface area contributed by atoms with Crippen molar-refractivity contribution < 1.29 is 5.11 Å². The quantitative estimate of drug-likeness (QED) is 0.805. The highest BCUT2D eigenvalue weighted by atomic mass is 35.5. The number of nitrogens with zero attached hydrogens (tertiary/aromatic N) is 1. The lowest BCUT2D eigenvalue weighted by Crippen LogP contribution is -2.24. The average Bonchev–Trinajstić information content (AvgIpc) is 2.76. The molecule has 0 aromatic heterocycles. The van der Waals surface area contributed by atoms with Gasteiger partial charge in [-0.3, -0.25) is 0 Å². The van der Waals surface area contributed by atoms with Crippen molar-refractivity contribution in [2.24, 2.45) is 0 Å². The SMILES string of the molecule is CCCNCc1cccc(Cl)c1N1CCC(O)C1. The van der Waals surface area contributed by atoms with Gasteiger partial charge in [-0.2, -0.15) is 0 Å². The Morgan fingerprint density at radius 1 is 1.50 bits per heavy atom. The van der Waals surface area contributed by atoms with E-state index in [2.05, 4.69) is 23.2 Å². The van der Waals surface area contributed by atoms with E-state index in [0.29, 0.717) is 6.54 Å². The fraction of sp³-hybridized carbons (Fsp3) is 0.571. The lowest BCUT2D eigenvalue weighted by Gasteiger charge is -2.23. The smallest absolute Gasteiger partial charge is 0.0731 e. The maximum atomic E-state index is 9.66. The van der Waals surface area contributed by atoms with Crippen LogP contribution in [0.2, 0.25) is 5.02 Å². The van der Waals surface area contributed by atoms with Crippen LogP contribution in [0.25, 0.3) is 0 Å². The minimum atomic E-state index is -0.224. The summed E-state index contributed by atoms with van der Waals surface area (Å²) in [5.74, 6) is 0. The number of anilines is 1. The van der Waals surface area contributed by atoms with Crippen LogP contribution in [0.1, 0.15) is 25.3 Å². The van der Waals surface area contributed by atoms with Crippen molar-refractivity contribution in [2.75, 3.05) is 24.5 Å². The van der Waals surface area contributed by atoms with Crippen LogP contribution in [0.3, 0.4) is 0 Å². The van der Waals surface area contributed by atoms with Gasteiger partial charge in [0.25, 0.3) is 0 Å². The van der Waals surface area contributed by atoms with Crippen molar-refractivity contribution in [2.45, 2.75) is 32.4 Å². The molecule has 0 spiro atoms. The first-order chi connectivity index (χ1) is 8.72. The van der Waals surface area contributed by atoms with Crippen molar-refractivity contribution in [3.63, 3.8) is 0 Å². The molecule has 0 bridgehead atoms. The Balaban J connectivity index is 2.15. The summed E-state index contributed by atoms with van der Waals surface area (Å²) in [7, 11) is 0. The molecule has 2 N–H and O–H groups in total. The fourth-order valence-corrected chi connectivity index (χ4v) is 2.72. The molecule has 2 rings (SSSR count). The van der Waals surface area contributed by atoms with E-state index >= 15 is 0 Å². The van der Waals surface area contributed by atoms with Gasteiger partial charge >= 0.3 is 0 Å². The summed E-state index contributed by atoms with van der Waals surface area (Å²) in [4.78, 5) is 2.19. The summed E-state index contributed by atoms with van der Waals surface area (Å²) >= 11 is 6.32. The largest absolute Gasteiger partial charge is 0.391 e. The van der Waals surface area contributed by atoms with E-state index in [4.69, 9.17) is 11.6 Å². The van der Waals surface area contributed by atoms with E-state index in [1.54, 1.807) is 0 Å². The molecule has 1 aliphatic rings. The van der Waals surface area contributed by atoms with Gasteiger partial charge in [-0.1, -0.05) is 30.7 Å². The minimum absolute atomic E-state index is 0.224. The third-order valence-electron chi connectivity index (χ3n) is 3.29. The number of halogens is 1. The zero-order valence-corrected chi connectivity index (χ0v) is 11.6. The highest BCUT2D eigenvalue weighted by molar-refractivity contribution is 6.33. The lowest BCUT2D eigenvalue weighted by atomic mass is 10.1. The van der Waals surface area contributed by atoms with Crippen LogP contribution >= 0.6 is 11.6 Å². The van der Waals surface area contributed by atoms with Gasteiger partial charge in [-0.15, -0.1) is 0 Å². The molecule has 0 saturated carbocycles. The second kappa shape index (κ2) is 6.41. The third-order valence-corrected chi connectivity index (χ3v) is 3.60. The molecule has 1 aliphatic heterocycles. The molecule has 0 radical (unpaired) electrons. The van der Waals surface area contributed by atoms with Gasteiger partial charge in [-0.05, 0) is 31.0 Å². The van der Waals surface area contributed by atoms with Crippen molar-refractivity contribution in [3.05, 3.63) is 28.8 Å². The first-order valence-corrected chi connectivity index (χ1v) is 7.01. The van der Waals surface area contributed by atoms with E-state index in [0.717, 1.165) is 43.2 Å². The summed E-state index contributed by atoms with van der Waals surface area (Å²) < 4.78 is 0. The molecule has 1 fully saturated rings. The number of para-hydroxylation sites is 1. The number of β-amino-alcohol motifs (C(OH)–C–C–N with tert-alkyl or cyclic N) is 1. The van der Waals surface area contributed by atoms with Gasteiger partial charge in [0, 0.05) is 19.6 Å². The van der Waals surface area contributed by atoms with Crippen molar-refractivity contribution in [1.29, 1.82) is 0 Å². The lowest BCUT2D eigenvalue weighted by molar-refractivity contribution is 0.198. The highest BCUT2D eigenvalue weighted by Crippen LogP contribution is 2.32. The summed E-state index contributed by atoms with van der Waals surface area (Å²) in [6.45, 7) is 5.56. The number of aliphatic hydroxyl groups is 1. The first-order valence-electron chi connectivity index (χ1n) is 6.63. The van der Waals surface area contributed by atoms with Crippen molar-refractivity contribution in [3.8, 4) is 0 Å². The molecule has 1 atom stereocenters. The normalized spacial score (nSPS) is 19.5. The average molecular weight is 269 g/mol. The standard InChI is InChI=1S/C14H21ClN2O/c1-2-7-16-9-11-4-3-5-13(15)14(11)17-8-6-12(18)10-17/h3-5,12,16,18H,2,6-10H2,1H3. The Kier molecular flexibility index (Phi) is 4.87. The zero-order chi connectivity index (χ0) is 13.0. The van der Waals surface area contributed by atoms with Crippen molar-refractivity contribution >= 4 is 17.3 Å². The summed E-state index contributed by atoms with van der Waals surface area (Å²) in [5, 5.41) is 13.8. The van der Waals surface area contributed by atoms with Crippen LogP contribution in [0, 0.1) is 0 Å². The van der Waals surface area contributed by atoms with E-state index < -0.39 is 0 Å². The molecule has 0 aliphatic carbocycles. The molecular formula is C14H21ClN2O. The number of hydrogen-bond acceptors (Lipinski definition) is 3. The van der Waals surface area contributed by atoms with Crippen LogP contribution in [0.4, 0.5) is 5.69 Å². The minimum Gasteiger partial charge on any atom is -0.391 e. The number of nitrogens with one attached hydrogen (secondary N) is 1. The zero-order valence-electron chi connectivity index (χ0n) is 10.8. The van der Waals surface area contributed by atoms with Gasteiger partial charge < -0.3 is 15.3 Å². The topological polar surface area (TPSA) is 35.5 Å². The van der Waals surface area contributed by atoms with Crippen LogP contribution < -0.4 is 10.2 Å². The highest BCUT2D eigenvalue weighted by Gasteiger charge is 2.23. The monoisotopic (exact) mass is 268 g/mol. The Morgan fingerprint density at radius 2 is 2.33 bits per heavy atom. The van der Waals surface area contributed by atoms with E-state index in [1.807, 2.05) is 12.1 Å². The molecule has 1 aromatic rings. The van der Waals surface area contributed by atoms with Crippen LogP contribution in [0.15, 0.2) is 18.2 Å². The maximum absolute atomic E-state index is 9.66. The molecule has 100 valence electrons. The number of hydrogen-bond donors (Lipinski definition) is 2. The maximum Gasteiger partial charge on any atom is 0.0731 e. The molecule has 1 heterocycles. The number of aliphatic hydroxyl groups excluding tert-OH is 1. The van der Waals surface area contributed by atoms with Gasteiger partial charge in [-0.25, -0.2) is 0 Å². The summed E-state index contributed by atoms with van der Waals surface area (Å²) in [6.07, 6.45) is 1.73. The second-order valence-corrected chi connectivity index (χ2v) is 5.22. The van der Waals surface area contributed by atoms with Crippen LogP contribution in [-0.4, -0.2) is 30.8 Å². The molecule has 0 amide bonds.